The van der Waals surface area contributed by atoms with Crippen LogP contribution in [0.15, 0.2) is 48.8 Å². The number of nitrogens with zero attached hydrogens (tertiary/aromatic N) is 2. The first kappa shape index (κ1) is 12.2. The number of aromatic nitrogens is 2. The van der Waals surface area contributed by atoms with Crippen molar-refractivity contribution in [2.45, 2.75) is 0 Å². The van der Waals surface area contributed by atoms with Gasteiger partial charge in [0, 0.05) is 3.57 Å². The monoisotopic (exact) mass is 364 g/mol. The lowest BCUT2D eigenvalue weighted by Gasteiger charge is -2.06. The number of aromatic carboxylic acids is 1. The minimum atomic E-state index is -0.933. The highest BCUT2D eigenvalue weighted by molar-refractivity contribution is 14.1. The highest BCUT2D eigenvalue weighted by Gasteiger charge is 2.10. The number of para-hydroxylation sites is 1. The van der Waals surface area contributed by atoms with Gasteiger partial charge in [-0.05, 0) is 52.9 Å². The van der Waals surface area contributed by atoms with Gasteiger partial charge < -0.3 is 5.11 Å². The average molecular weight is 364 g/mol. The number of hydrogen-bond donors (Lipinski definition) is 1. The molecule has 3 aromatic rings. The van der Waals surface area contributed by atoms with Crippen LogP contribution in [0.2, 0.25) is 0 Å². The fourth-order valence-corrected chi connectivity index (χ4v) is 2.63. The number of fused-ring (bicyclic) bond motifs is 1. The second-order valence-corrected chi connectivity index (χ2v) is 5.24. The largest absolute Gasteiger partial charge is 0.478 e. The summed E-state index contributed by atoms with van der Waals surface area (Å²) in [7, 11) is 0. The molecule has 5 heteroatoms. The maximum atomic E-state index is 11.1. The van der Waals surface area contributed by atoms with Crippen LogP contribution in [0, 0.1) is 3.57 Å². The molecule has 0 aliphatic carbocycles. The first-order valence-electron chi connectivity index (χ1n) is 5.62. The van der Waals surface area contributed by atoms with Crippen LogP contribution in [0.25, 0.3) is 16.7 Å². The summed E-state index contributed by atoms with van der Waals surface area (Å²) in [6.07, 6.45) is 1.72. The second kappa shape index (κ2) is 4.65. The van der Waals surface area contributed by atoms with Crippen LogP contribution in [0.5, 0.6) is 0 Å². The number of carbonyl (C=O) groups is 1. The smallest absolute Gasteiger partial charge is 0.335 e. The van der Waals surface area contributed by atoms with E-state index in [1.54, 1.807) is 24.5 Å². The van der Waals surface area contributed by atoms with Gasteiger partial charge in [-0.25, -0.2) is 9.78 Å². The molecule has 0 radical (unpaired) electrons. The Morgan fingerprint density at radius 1 is 1.21 bits per heavy atom. The van der Waals surface area contributed by atoms with E-state index in [4.69, 9.17) is 5.11 Å². The Balaban J connectivity index is 2.27. The molecule has 0 unspecified atom stereocenters. The molecule has 2 aromatic carbocycles. The third-order valence-corrected chi connectivity index (χ3v) is 3.82. The van der Waals surface area contributed by atoms with Crippen LogP contribution in [0.4, 0.5) is 0 Å². The summed E-state index contributed by atoms with van der Waals surface area (Å²) in [4.78, 5) is 15.4. The normalized spacial score (nSPS) is 10.8. The highest BCUT2D eigenvalue weighted by atomic mass is 127. The lowest BCUT2D eigenvalue weighted by molar-refractivity contribution is 0.0697. The molecule has 4 nitrogen and oxygen atoms in total. The molecule has 0 spiro atoms. The Hall–Kier alpha value is -1.89. The van der Waals surface area contributed by atoms with Crippen molar-refractivity contribution in [1.82, 2.24) is 9.55 Å². The summed E-state index contributed by atoms with van der Waals surface area (Å²) in [6.45, 7) is 0. The average Bonchev–Trinajstić information content (AvgIpc) is 2.82. The van der Waals surface area contributed by atoms with Crippen molar-refractivity contribution in [3.8, 4) is 5.69 Å². The fourth-order valence-electron chi connectivity index (χ4n) is 1.98. The van der Waals surface area contributed by atoms with Crippen LogP contribution in [-0.4, -0.2) is 20.6 Å². The molecular weight excluding hydrogens is 355 g/mol. The molecule has 0 amide bonds. The molecule has 94 valence electrons. The molecule has 1 heterocycles. The number of halogens is 1. The van der Waals surface area contributed by atoms with E-state index < -0.39 is 5.97 Å². The van der Waals surface area contributed by atoms with Crippen molar-refractivity contribution in [3.63, 3.8) is 0 Å². The van der Waals surface area contributed by atoms with Crippen LogP contribution >= 0.6 is 22.6 Å². The van der Waals surface area contributed by atoms with Gasteiger partial charge in [-0.2, -0.15) is 0 Å². The first-order chi connectivity index (χ1) is 9.16. The number of benzene rings is 2. The molecule has 1 aromatic heterocycles. The van der Waals surface area contributed by atoms with E-state index in [2.05, 4.69) is 27.6 Å². The molecule has 19 heavy (non-hydrogen) atoms. The lowest BCUT2D eigenvalue weighted by Crippen LogP contribution is -1.98. The van der Waals surface area contributed by atoms with Gasteiger partial charge >= 0.3 is 5.97 Å². The predicted molar refractivity (Wildman–Crippen MR) is 80.7 cm³/mol. The Morgan fingerprint density at radius 2 is 2.00 bits per heavy atom. The number of carboxylic acids is 1. The van der Waals surface area contributed by atoms with Gasteiger partial charge in [-0.3, -0.25) is 4.57 Å². The summed E-state index contributed by atoms with van der Waals surface area (Å²) in [5.74, 6) is -0.933. The molecule has 0 aliphatic rings. The van der Waals surface area contributed by atoms with E-state index in [0.717, 1.165) is 20.3 Å². The van der Waals surface area contributed by atoms with Gasteiger partial charge in [0.25, 0.3) is 0 Å². The second-order valence-electron chi connectivity index (χ2n) is 4.07. The molecule has 0 bridgehead atoms. The standard InChI is InChI=1S/C14H9IN2O2/c15-10-3-1-2-4-12(10)17-8-16-11-6-5-9(14(18)19)7-13(11)17/h1-8H,(H,18,19). The van der Waals surface area contributed by atoms with Crippen molar-refractivity contribution in [1.29, 1.82) is 0 Å². The third-order valence-electron chi connectivity index (χ3n) is 2.91. The van der Waals surface area contributed by atoms with Crippen LogP contribution in [0.1, 0.15) is 10.4 Å². The summed E-state index contributed by atoms with van der Waals surface area (Å²) >= 11 is 2.25. The first-order valence-corrected chi connectivity index (χ1v) is 6.70. The van der Waals surface area contributed by atoms with Gasteiger partial charge in [0.15, 0.2) is 0 Å². The van der Waals surface area contributed by atoms with E-state index in [-0.39, 0.29) is 5.56 Å². The third kappa shape index (κ3) is 2.10. The SMILES string of the molecule is O=C(O)c1ccc2ncn(-c3ccccc3I)c2c1. The highest BCUT2D eigenvalue weighted by Crippen LogP contribution is 2.23. The van der Waals surface area contributed by atoms with E-state index in [1.165, 1.54) is 0 Å². The van der Waals surface area contributed by atoms with Gasteiger partial charge in [-0.1, -0.05) is 12.1 Å². The lowest BCUT2D eigenvalue weighted by atomic mass is 10.2. The van der Waals surface area contributed by atoms with E-state index >= 15 is 0 Å². The predicted octanol–water partition coefficient (Wildman–Crippen LogP) is 3.33. The van der Waals surface area contributed by atoms with Crippen molar-refractivity contribution in [2.75, 3.05) is 0 Å². The van der Waals surface area contributed by atoms with Gasteiger partial charge in [-0.15, -0.1) is 0 Å². The van der Waals surface area contributed by atoms with Gasteiger partial charge in [0.05, 0.1) is 22.3 Å². The summed E-state index contributed by atoms with van der Waals surface area (Å²) in [5.41, 5.74) is 2.84. The van der Waals surface area contributed by atoms with Crippen molar-refractivity contribution in [2.24, 2.45) is 0 Å². The molecule has 0 aliphatic heterocycles. The maximum Gasteiger partial charge on any atom is 0.335 e. The number of rotatable bonds is 2. The molecule has 0 saturated carbocycles. The van der Waals surface area contributed by atoms with Gasteiger partial charge in [0.2, 0.25) is 0 Å². The summed E-state index contributed by atoms with van der Waals surface area (Å²) < 4.78 is 2.99. The summed E-state index contributed by atoms with van der Waals surface area (Å²) in [5, 5.41) is 9.07. The maximum absolute atomic E-state index is 11.1. The quantitative estimate of drug-likeness (QED) is 0.710. The molecule has 1 N–H and O–H groups in total. The summed E-state index contributed by atoms with van der Waals surface area (Å²) in [6, 6.07) is 12.8. The zero-order valence-electron chi connectivity index (χ0n) is 9.75. The van der Waals surface area contributed by atoms with E-state index in [0.29, 0.717) is 0 Å². The molecule has 0 fully saturated rings. The van der Waals surface area contributed by atoms with E-state index in [9.17, 15) is 4.79 Å². The fraction of sp³-hybridized carbons (Fsp3) is 0. The number of imidazole rings is 1. The minimum Gasteiger partial charge on any atom is -0.478 e. The zero-order chi connectivity index (χ0) is 13.4. The van der Waals surface area contributed by atoms with Crippen molar-refractivity contribution < 1.29 is 9.90 Å². The minimum absolute atomic E-state index is 0.264. The van der Waals surface area contributed by atoms with E-state index in [1.807, 2.05) is 28.8 Å². The Bertz CT molecular complexity index is 780. The molecular formula is C14H9IN2O2. The molecule has 0 saturated heterocycles. The number of carboxylic acid groups (broad SMARTS) is 1. The Morgan fingerprint density at radius 3 is 2.74 bits per heavy atom. The van der Waals surface area contributed by atoms with Gasteiger partial charge in [0.1, 0.15) is 6.33 Å². The Labute approximate surface area is 122 Å². The molecule has 3 rings (SSSR count). The topological polar surface area (TPSA) is 55.1 Å². The Kier molecular flexibility index (Phi) is 2.98. The van der Waals surface area contributed by atoms with Crippen molar-refractivity contribution >= 4 is 39.6 Å². The zero-order valence-corrected chi connectivity index (χ0v) is 11.9. The van der Waals surface area contributed by atoms with Crippen LogP contribution in [0.3, 0.4) is 0 Å². The van der Waals surface area contributed by atoms with Crippen LogP contribution < -0.4 is 0 Å². The van der Waals surface area contributed by atoms with Crippen LogP contribution in [-0.2, 0) is 0 Å². The number of hydrogen-bond acceptors (Lipinski definition) is 2. The van der Waals surface area contributed by atoms with Crippen molar-refractivity contribution in [3.05, 3.63) is 57.9 Å². The molecule has 0 atom stereocenters.